The second-order valence-electron chi connectivity index (χ2n) is 7.07. The van der Waals surface area contributed by atoms with Crippen LogP contribution in [0.5, 0.6) is 0 Å². The number of aryl methyl sites for hydroxylation is 1. The van der Waals surface area contributed by atoms with Gasteiger partial charge in [0.1, 0.15) is 6.10 Å². The van der Waals surface area contributed by atoms with Crippen LogP contribution in [-0.4, -0.2) is 49.1 Å². The lowest BCUT2D eigenvalue weighted by Crippen LogP contribution is -2.29. The van der Waals surface area contributed by atoms with Gasteiger partial charge in [0.2, 0.25) is 11.5 Å². The highest BCUT2D eigenvalue weighted by Gasteiger charge is 2.35. The highest BCUT2D eigenvalue weighted by molar-refractivity contribution is 6.16. The van der Waals surface area contributed by atoms with Crippen molar-refractivity contribution in [2.45, 2.75) is 25.4 Å². The van der Waals surface area contributed by atoms with E-state index in [2.05, 4.69) is 10.5 Å². The molecule has 1 aliphatic carbocycles. The summed E-state index contributed by atoms with van der Waals surface area (Å²) in [5.74, 6) is -1.21. The molecule has 0 bridgehead atoms. The van der Waals surface area contributed by atoms with Gasteiger partial charge >= 0.3 is 6.09 Å². The number of carbonyl (C=O) groups is 3. The number of hydrogen-bond donors (Lipinski definition) is 1. The predicted molar refractivity (Wildman–Crippen MR) is 99.6 cm³/mol. The SMILES string of the molecule is CNCC1CN(c2ccc3c(c2)CCCC(C(=O)c2ccno2)C3=O)C(=O)O1. The molecule has 8 heteroatoms. The first-order valence-electron chi connectivity index (χ1n) is 9.33. The number of nitrogens with one attached hydrogen (secondary N) is 1. The number of ketones is 2. The molecule has 8 nitrogen and oxygen atoms in total. The first-order valence-corrected chi connectivity index (χ1v) is 9.33. The van der Waals surface area contributed by atoms with E-state index in [1.54, 1.807) is 24.1 Å². The molecule has 4 rings (SSSR count). The summed E-state index contributed by atoms with van der Waals surface area (Å²) >= 11 is 0. The molecule has 2 atom stereocenters. The third-order valence-corrected chi connectivity index (χ3v) is 5.22. The summed E-state index contributed by atoms with van der Waals surface area (Å²) in [5, 5.41) is 6.55. The first-order chi connectivity index (χ1) is 13.6. The molecule has 2 unspecified atom stereocenters. The lowest BCUT2D eigenvalue weighted by Gasteiger charge is -2.16. The Morgan fingerprint density at radius 3 is 2.93 bits per heavy atom. The van der Waals surface area contributed by atoms with Crippen LogP contribution in [0.25, 0.3) is 0 Å². The van der Waals surface area contributed by atoms with Crippen LogP contribution in [0.4, 0.5) is 10.5 Å². The van der Waals surface area contributed by atoms with Gasteiger partial charge in [0.15, 0.2) is 5.78 Å². The van der Waals surface area contributed by atoms with Crippen LogP contribution >= 0.6 is 0 Å². The fourth-order valence-electron chi connectivity index (χ4n) is 3.84. The van der Waals surface area contributed by atoms with Gasteiger partial charge in [-0.3, -0.25) is 14.5 Å². The average molecular weight is 383 g/mol. The molecule has 146 valence electrons. The molecular formula is C20H21N3O5. The van der Waals surface area contributed by atoms with Crippen LogP contribution < -0.4 is 10.2 Å². The smallest absolute Gasteiger partial charge is 0.414 e. The number of carbonyl (C=O) groups excluding carboxylic acids is 3. The summed E-state index contributed by atoms with van der Waals surface area (Å²) in [4.78, 5) is 39.4. The summed E-state index contributed by atoms with van der Waals surface area (Å²) in [7, 11) is 1.81. The first kappa shape index (κ1) is 18.4. The monoisotopic (exact) mass is 383 g/mol. The van der Waals surface area contributed by atoms with Gasteiger partial charge in [-0.2, -0.15) is 0 Å². The molecule has 28 heavy (non-hydrogen) atoms. The van der Waals surface area contributed by atoms with E-state index in [-0.39, 0.29) is 23.4 Å². The summed E-state index contributed by atoms with van der Waals surface area (Å²) in [6, 6.07) is 6.78. The molecule has 1 amide bonds. The standard InChI is InChI=1S/C20H21N3O5/c1-21-10-14-11-23(20(26)27-14)13-5-6-15-12(9-13)3-2-4-16(18(15)24)19(25)17-7-8-22-28-17/h5-9,14,16,21H,2-4,10-11H2,1H3. The largest absolute Gasteiger partial charge is 0.443 e. The number of amides is 1. The van der Waals surface area contributed by atoms with Crippen molar-refractivity contribution < 1.29 is 23.6 Å². The lowest BCUT2D eigenvalue weighted by molar-refractivity contribution is 0.0778. The van der Waals surface area contributed by atoms with Crippen molar-refractivity contribution in [2.24, 2.45) is 5.92 Å². The zero-order valence-electron chi connectivity index (χ0n) is 15.5. The molecule has 2 aliphatic rings. The van der Waals surface area contributed by atoms with E-state index in [0.717, 1.165) is 5.56 Å². The number of rotatable bonds is 5. The maximum absolute atomic E-state index is 13.0. The number of benzene rings is 1. The molecule has 2 aromatic rings. The van der Waals surface area contributed by atoms with Gasteiger partial charge in [-0.15, -0.1) is 0 Å². The molecule has 0 radical (unpaired) electrons. The fourth-order valence-corrected chi connectivity index (χ4v) is 3.84. The minimum atomic E-state index is -0.767. The highest BCUT2D eigenvalue weighted by Crippen LogP contribution is 2.31. The number of hydrogen-bond acceptors (Lipinski definition) is 7. The van der Waals surface area contributed by atoms with Gasteiger partial charge in [-0.05, 0) is 50.1 Å². The van der Waals surface area contributed by atoms with Crippen LogP contribution in [0.2, 0.25) is 0 Å². The summed E-state index contributed by atoms with van der Waals surface area (Å²) in [6.07, 6.45) is 2.61. The minimum Gasteiger partial charge on any atom is -0.443 e. The number of aromatic nitrogens is 1. The zero-order chi connectivity index (χ0) is 19.7. The van der Waals surface area contributed by atoms with E-state index in [4.69, 9.17) is 9.26 Å². The van der Waals surface area contributed by atoms with Gasteiger partial charge < -0.3 is 14.6 Å². The van der Waals surface area contributed by atoms with Crippen LogP contribution in [0, 0.1) is 5.92 Å². The quantitative estimate of drug-likeness (QED) is 0.480. The molecular weight excluding hydrogens is 362 g/mol. The van der Waals surface area contributed by atoms with Crippen molar-refractivity contribution in [3.63, 3.8) is 0 Å². The van der Waals surface area contributed by atoms with E-state index in [1.807, 2.05) is 6.07 Å². The number of ether oxygens (including phenoxy) is 1. The lowest BCUT2D eigenvalue weighted by atomic mass is 9.90. The van der Waals surface area contributed by atoms with Gasteiger partial charge in [0.25, 0.3) is 0 Å². The molecule has 0 spiro atoms. The maximum atomic E-state index is 13.0. The van der Waals surface area contributed by atoms with E-state index < -0.39 is 12.0 Å². The Labute approximate surface area is 161 Å². The van der Waals surface area contributed by atoms with Crippen LogP contribution in [0.15, 0.2) is 35.0 Å². The van der Waals surface area contributed by atoms with Crippen LogP contribution in [-0.2, 0) is 11.2 Å². The molecule has 0 saturated carbocycles. The zero-order valence-corrected chi connectivity index (χ0v) is 15.5. The Bertz CT molecular complexity index is 909. The summed E-state index contributed by atoms with van der Waals surface area (Å²) in [5.41, 5.74) is 2.08. The Hall–Kier alpha value is -3.00. The highest BCUT2D eigenvalue weighted by atomic mass is 16.6. The molecule has 2 heterocycles. The Kier molecular flexibility index (Phi) is 4.95. The summed E-state index contributed by atoms with van der Waals surface area (Å²) in [6.45, 7) is 1.04. The molecule has 1 fully saturated rings. The molecule has 1 aromatic carbocycles. The maximum Gasteiger partial charge on any atom is 0.414 e. The van der Waals surface area contributed by atoms with Crippen molar-refractivity contribution >= 4 is 23.3 Å². The second kappa shape index (κ2) is 7.55. The number of cyclic esters (lactones) is 1. The van der Waals surface area contributed by atoms with Gasteiger partial charge in [-0.1, -0.05) is 5.16 Å². The topological polar surface area (TPSA) is 102 Å². The van der Waals surface area contributed by atoms with Crippen molar-refractivity contribution in [2.75, 3.05) is 25.0 Å². The van der Waals surface area contributed by atoms with E-state index >= 15 is 0 Å². The van der Waals surface area contributed by atoms with E-state index in [0.29, 0.717) is 43.6 Å². The molecule has 1 aromatic heterocycles. The Morgan fingerprint density at radius 1 is 1.32 bits per heavy atom. The number of likely N-dealkylation sites (N-methyl/N-ethyl adjacent to an activating group) is 1. The van der Waals surface area contributed by atoms with Crippen LogP contribution in [0.1, 0.15) is 39.3 Å². The number of Topliss-reactive ketones (excluding diaryl/α,β-unsaturated/α-hetero) is 2. The summed E-state index contributed by atoms with van der Waals surface area (Å²) < 4.78 is 10.3. The normalized spacial score (nSPS) is 22.0. The third-order valence-electron chi connectivity index (χ3n) is 5.22. The number of fused-ring (bicyclic) bond motifs is 1. The molecule has 1 saturated heterocycles. The number of nitrogens with zero attached hydrogens (tertiary/aromatic N) is 2. The van der Waals surface area contributed by atoms with Gasteiger partial charge in [0.05, 0.1) is 18.7 Å². The third kappa shape index (κ3) is 3.31. The predicted octanol–water partition coefficient (Wildman–Crippen LogP) is 2.24. The number of anilines is 1. The fraction of sp³-hybridized carbons (Fsp3) is 0.400. The van der Waals surface area contributed by atoms with Gasteiger partial charge in [0, 0.05) is 23.9 Å². The Morgan fingerprint density at radius 2 is 2.18 bits per heavy atom. The second-order valence-corrected chi connectivity index (χ2v) is 7.07. The molecule has 1 N–H and O–H groups in total. The van der Waals surface area contributed by atoms with Crippen molar-refractivity contribution in [1.82, 2.24) is 10.5 Å². The van der Waals surface area contributed by atoms with Crippen molar-refractivity contribution in [1.29, 1.82) is 0 Å². The minimum absolute atomic E-state index is 0.105. The Balaban J connectivity index is 1.59. The van der Waals surface area contributed by atoms with E-state index in [1.165, 1.54) is 12.3 Å². The van der Waals surface area contributed by atoms with Gasteiger partial charge in [-0.25, -0.2) is 4.79 Å². The van der Waals surface area contributed by atoms with E-state index in [9.17, 15) is 14.4 Å². The molecule has 1 aliphatic heterocycles. The van der Waals surface area contributed by atoms with Crippen LogP contribution in [0.3, 0.4) is 0 Å². The van der Waals surface area contributed by atoms with Crippen molar-refractivity contribution in [3.8, 4) is 0 Å². The van der Waals surface area contributed by atoms with Crippen molar-refractivity contribution in [3.05, 3.63) is 47.3 Å². The average Bonchev–Trinajstić information content (AvgIpc) is 3.31.